The topological polar surface area (TPSA) is 62.8 Å². The average molecular weight is 340 g/mol. The van der Waals surface area contributed by atoms with Crippen LogP contribution < -0.4 is 5.32 Å². The fourth-order valence-corrected chi connectivity index (χ4v) is 4.33. The second-order valence-electron chi connectivity index (χ2n) is 7.41. The van der Waals surface area contributed by atoms with Crippen LogP contribution in [0.1, 0.15) is 59.9 Å². The average Bonchev–Trinajstić information content (AvgIpc) is 3.16. The highest BCUT2D eigenvalue weighted by Gasteiger charge is 2.28. The summed E-state index contributed by atoms with van der Waals surface area (Å²) in [6.07, 6.45) is 11.3. The minimum Gasteiger partial charge on any atom is -0.373 e. The first-order valence-corrected chi connectivity index (χ1v) is 9.60. The molecule has 2 aromatic rings. The van der Waals surface area contributed by atoms with Crippen molar-refractivity contribution in [3.63, 3.8) is 0 Å². The summed E-state index contributed by atoms with van der Waals surface area (Å²) in [6, 6.07) is 2.27. The molecule has 5 heteroatoms. The largest absolute Gasteiger partial charge is 0.373 e. The summed E-state index contributed by atoms with van der Waals surface area (Å²) in [6.45, 7) is 4.87. The SMILES string of the molecule is Cc1cc(CNC[C@@H]2CCCO[C@H]2c2cn[nH]c2)c2c(n1)CCCC2. The van der Waals surface area contributed by atoms with Crippen LogP contribution in [-0.2, 0) is 24.1 Å². The summed E-state index contributed by atoms with van der Waals surface area (Å²) in [5.41, 5.74) is 6.59. The second kappa shape index (κ2) is 7.67. The third-order valence-corrected chi connectivity index (χ3v) is 5.54. The Balaban J connectivity index is 1.41. The van der Waals surface area contributed by atoms with E-state index in [-0.39, 0.29) is 6.10 Å². The lowest BCUT2D eigenvalue weighted by Gasteiger charge is -2.31. The number of pyridine rings is 1. The minimum absolute atomic E-state index is 0.160. The molecule has 3 heterocycles. The lowest BCUT2D eigenvalue weighted by Crippen LogP contribution is -2.32. The molecule has 0 spiro atoms. The summed E-state index contributed by atoms with van der Waals surface area (Å²) in [5, 5.41) is 10.7. The number of rotatable bonds is 5. The molecule has 5 nitrogen and oxygen atoms in total. The van der Waals surface area contributed by atoms with Gasteiger partial charge in [0.15, 0.2) is 0 Å². The van der Waals surface area contributed by atoms with Crippen LogP contribution in [0.2, 0.25) is 0 Å². The van der Waals surface area contributed by atoms with Crippen LogP contribution in [0.4, 0.5) is 0 Å². The molecular formula is C20H28N4O. The Labute approximate surface area is 149 Å². The number of aromatic amines is 1. The van der Waals surface area contributed by atoms with Crippen molar-refractivity contribution in [2.24, 2.45) is 5.92 Å². The van der Waals surface area contributed by atoms with Crippen LogP contribution in [0.25, 0.3) is 0 Å². The maximum Gasteiger partial charge on any atom is 0.0895 e. The molecule has 1 saturated heterocycles. The molecular weight excluding hydrogens is 312 g/mol. The first kappa shape index (κ1) is 16.7. The van der Waals surface area contributed by atoms with E-state index >= 15 is 0 Å². The van der Waals surface area contributed by atoms with Crippen LogP contribution in [0.15, 0.2) is 18.5 Å². The van der Waals surface area contributed by atoms with E-state index in [1.165, 1.54) is 48.1 Å². The molecule has 2 atom stereocenters. The first-order valence-electron chi connectivity index (χ1n) is 9.60. The number of ether oxygens (including phenoxy) is 1. The zero-order valence-electron chi connectivity index (χ0n) is 15.1. The molecule has 0 unspecified atom stereocenters. The second-order valence-corrected chi connectivity index (χ2v) is 7.41. The molecule has 1 aliphatic heterocycles. The van der Waals surface area contributed by atoms with Crippen molar-refractivity contribution in [2.45, 2.75) is 58.1 Å². The predicted molar refractivity (Wildman–Crippen MR) is 97.3 cm³/mol. The van der Waals surface area contributed by atoms with Crippen molar-refractivity contribution in [3.05, 3.63) is 46.5 Å². The zero-order chi connectivity index (χ0) is 17.1. The molecule has 134 valence electrons. The van der Waals surface area contributed by atoms with Gasteiger partial charge in [0.05, 0.1) is 12.3 Å². The highest BCUT2D eigenvalue weighted by Crippen LogP contribution is 2.33. The van der Waals surface area contributed by atoms with Gasteiger partial charge in [-0.1, -0.05) is 0 Å². The third kappa shape index (κ3) is 3.77. The number of hydrogen-bond donors (Lipinski definition) is 2. The van der Waals surface area contributed by atoms with E-state index in [1.54, 1.807) is 0 Å². The molecule has 0 aromatic carbocycles. The molecule has 0 bridgehead atoms. The summed E-state index contributed by atoms with van der Waals surface area (Å²) < 4.78 is 6.04. The molecule has 1 aliphatic carbocycles. The van der Waals surface area contributed by atoms with Crippen molar-refractivity contribution < 1.29 is 4.74 Å². The number of aryl methyl sites for hydroxylation is 2. The van der Waals surface area contributed by atoms with Crippen LogP contribution >= 0.6 is 0 Å². The highest BCUT2D eigenvalue weighted by molar-refractivity contribution is 5.34. The van der Waals surface area contributed by atoms with E-state index in [1.807, 2.05) is 12.4 Å². The first-order chi connectivity index (χ1) is 12.3. The monoisotopic (exact) mass is 340 g/mol. The van der Waals surface area contributed by atoms with Gasteiger partial charge in [0.2, 0.25) is 0 Å². The van der Waals surface area contributed by atoms with Crippen molar-refractivity contribution in [1.82, 2.24) is 20.5 Å². The van der Waals surface area contributed by atoms with Crippen molar-refractivity contribution >= 4 is 0 Å². The van der Waals surface area contributed by atoms with Crippen LogP contribution in [0.5, 0.6) is 0 Å². The maximum atomic E-state index is 6.04. The van der Waals surface area contributed by atoms with Crippen molar-refractivity contribution in [2.75, 3.05) is 13.2 Å². The third-order valence-electron chi connectivity index (χ3n) is 5.54. The maximum absolute atomic E-state index is 6.04. The summed E-state index contributed by atoms with van der Waals surface area (Å²) in [7, 11) is 0. The smallest absolute Gasteiger partial charge is 0.0895 e. The van der Waals surface area contributed by atoms with Gasteiger partial charge in [-0.2, -0.15) is 5.10 Å². The van der Waals surface area contributed by atoms with Crippen molar-refractivity contribution in [3.8, 4) is 0 Å². The van der Waals surface area contributed by atoms with Crippen LogP contribution in [-0.4, -0.2) is 28.3 Å². The lowest BCUT2D eigenvalue weighted by atomic mass is 9.90. The predicted octanol–water partition coefficient (Wildman–Crippen LogP) is 3.25. The van der Waals surface area contributed by atoms with Gasteiger partial charge in [0.1, 0.15) is 0 Å². The Bertz CT molecular complexity index is 698. The number of hydrogen-bond acceptors (Lipinski definition) is 4. The molecule has 2 aliphatic rings. The lowest BCUT2D eigenvalue weighted by molar-refractivity contribution is -0.0278. The Kier molecular flexibility index (Phi) is 5.13. The molecule has 0 radical (unpaired) electrons. The Morgan fingerprint density at radius 1 is 1.28 bits per heavy atom. The molecule has 25 heavy (non-hydrogen) atoms. The molecule has 1 fully saturated rings. The van der Waals surface area contributed by atoms with Gasteiger partial charge in [-0.15, -0.1) is 0 Å². The number of nitrogens with zero attached hydrogens (tertiary/aromatic N) is 2. The van der Waals surface area contributed by atoms with E-state index in [2.05, 4.69) is 28.5 Å². The van der Waals surface area contributed by atoms with E-state index < -0.39 is 0 Å². The number of aromatic nitrogens is 3. The Morgan fingerprint density at radius 2 is 2.20 bits per heavy atom. The van der Waals surface area contributed by atoms with Gasteiger partial charge in [-0.25, -0.2) is 0 Å². The summed E-state index contributed by atoms with van der Waals surface area (Å²) in [4.78, 5) is 4.76. The quantitative estimate of drug-likeness (QED) is 0.877. The number of nitrogens with one attached hydrogen (secondary N) is 2. The normalized spacial score (nSPS) is 23.4. The zero-order valence-corrected chi connectivity index (χ0v) is 15.1. The summed E-state index contributed by atoms with van der Waals surface area (Å²) in [5.74, 6) is 0.505. The van der Waals surface area contributed by atoms with E-state index in [9.17, 15) is 0 Å². The van der Waals surface area contributed by atoms with Crippen LogP contribution in [0.3, 0.4) is 0 Å². The van der Waals surface area contributed by atoms with E-state index in [0.717, 1.165) is 38.2 Å². The van der Waals surface area contributed by atoms with Gasteiger partial charge in [-0.3, -0.25) is 10.1 Å². The Hall–Kier alpha value is -1.72. The van der Waals surface area contributed by atoms with Crippen molar-refractivity contribution in [1.29, 1.82) is 0 Å². The molecule has 4 rings (SSSR count). The molecule has 0 amide bonds. The molecule has 2 N–H and O–H groups in total. The fourth-order valence-electron chi connectivity index (χ4n) is 4.33. The van der Waals surface area contributed by atoms with E-state index in [4.69, 9.17) is 9.72 Å². The highest BCUT2D eigenvalue weighted by atomic mass is 16.5. The molecule has 0 saturated carbocycles. The van der Waals surface area contributed by atoms with Gasteiger partial charge >= 0.3 is 0 Å². The van der Waals surface area contributed by atoms with Gasteiger partial charge < -0.3 is 10.1 Å². The fraction of sp³-hybridized carbons (Fsp3) is 0.600. The Morgan fingerprint density at radius 3 is 3.08 bits per heavy atom. The minimum atomic E-state index is 0.160. The summed E-state index contributed by atoms with van der Waals surface area (Å²) >= 11 is 0. The van der Waals surface area contributed by atoms with E-state index in [0.29, 0.717) is 5.92 Å². The van der Waals surface area contributed by atoms with Crippen LogP contribution in [0, 0.1) is 12.8 Å². The molecule has 2 aromatic heterocycles. The standard InChI is InChI=1S/C20H28N4O/c1-14-9-16(18-6-2-3-7-19(18)24-14)11-21-10-15-5-4-8-25-20(15)17-12-22-23-13-17/h9,12-13,15,20-21H,2-8,10-11H2,1H3,(H,22,23)/t15-,20+/m0/s1. The van der Waals surface area contributed by atoms with Gasteiger partial charge in [-0.05, 0) is 62.6 Å². The number of fused-ring (bicyclic) bond motifs is 1. The van der Waals surface area contributed by atoms with Gasteiger partial charge in [0.25, 0.3) is 0 Å². The van der Waals surface area contributed by atoms with Gasteiger partial charge in [0, 0.05) is 48.8 Å². The number of H-pyrrole nitrogens is 1.